The summed E-state index contributed by atoms with van der Waals surface area (Å²) in [6, 6.07) is 14.2. The fraction of sp³-hybridized carbons (Fsp3) is 0.160. The number of aromatic hydroxyl groups is 1. The molecular formula is C25H21ClN4O3. The predicted octanol–water partition coefficient (Wildman–Crippen LogP) is 4.89. The molecule has 0 bridgehead atoms. The summed E-state index contributed by atoms with van der Waals surface area (Å²) < 4.78 is 5.43. The number of nitrogens with one attached hydrogen (secondary N) is 1. The summed E-state index contributed by atoms with van der Waals surface area (Å²) in [7, 11) is 1.60. The standard InChI is InChI=1S/C25H21ClN4O3/c1-14-9-20(31)18(11-19(14)26)22-21-23(29-28-22)25(32)30(13-15-5-4-8-27-12-15)24(21)16-6-3-7-17(10-16)33-2/h3-12,24,31H,13H2,1-2H3,(H,28,29)/t24-/m0/s1. The van der Waals surface area contributed by atoms with Crippen LogP contribution in [-0.4, -0.2) is 38.2 Å². The van der Waals surface area contributed by atoms with Crippen molar-refractivity contribution in [1.29, 1.82) is 0 Å². The number of aryl methyl sites for hydroxylation is 1. The van der Waals surface area contributed by atoms with Crippen LogP contribution in [0.25, 0.3) is 11.3 Å². The number of halogens is 1. The summed E-state index contributed by atoms with van der Waals surface area (Å²) in [6.45, 7) is 2.18. The van der Waals surface area contributed by atoms with Gasteiger partial charge in [0, 0.05) is 35.1 Å². The number of aromatic amines is 1. The van der Waals surface area contributed by atoms with Crippen LogP contribution in [0.2, 0.25) is 5.02 Å². The Morgan fingerprint density at radius 3 is 2.82 bits per heavy atom. The Balaban J connectivity index is 1.69. The Morgan fingerprint density at radius 1 is 1.21 bits per heavy atom. The number of amides is 1. The number of pyridine rings is 1. The van der Waals surface area contributed by atoms with Crippen LogP contribution in [0.3, 0.4) is 0 Å². The average Bonchev–Trinajstić information content (AvgIpc) is 3.36. The molecule has 1 aliphatic rings. The number of phenolic OH excluding ortho intramolecular Hbond substituents is 1. The Labute approximate surface area is 195 Å². The molecular weight excluding hydrogens is 440 g/mol. The zero-order valence-electron chi connectivity index (χ0n) is 18.0. The van der Waals surface area contributed by atoms with Crippen LogP contribution in [0.5, 0.6) is 11.5 Å². The number of fused-ring (bicyclic) bond motifs is 1. The highest BCUT2D eigenvalue weighted by molar-refractivity contribution is 6.31. The molecule has 0 saturated carbocycles. The highest BCUT2D eigenvalue weighted by atomic mass is 35.5. The summed E-state index contributed by atoms with van der Waals surface area (Å²) in [5.41, 5.74) is 4.55. The van der Waals surface area contributed by atoms with Gasteiger partial charge >= 0.3 is 0 Å². The molecule has 0 radical (unpaired) electrons. The van der Waals surface area contributed by atoms with E-state index in [0.717, 1.165) is 16.7 Å². The summed E-state index contributed by atoms with van der Waals surface area (Å²) >= 11 is 6.36. The number of ether oxygens (including phenoxy) is 1. The van der Waals surface area contributed by atoms with E-state index >= 15 is 0 Å². The molecule has 0 spiro atoms. The molecule has 7 nitrogen and oxygen atoms in total. The largest absolute Gasteiger partial charge is 0.507 e. The monoisotopic (exact) mass is 460 g/mol. The van der Waals surface area contributed by atoms with Crippen molar-refractivity contribution in [2.45, 2.75) is 19.5 Å². The van der Waals surface area contributed by atoms with E-state index in [-0.39, 0.29) is 11.7 Å². The van der Waals surface area contributed by atoms with Crippen molar-refractivity contribution in [3.05, 3.63) is 93.9 Å². The van der Waals surface area contributed by atoms with Gasteiger partial charge in [0.05, 0.1) is 13.2 Å². The van der Waals surface area contributed by atoms with Gasteiger partial charge in [-0.1, -0.05) is 29.8 Å². The molecule has 2 N–H and O–H groups in total. The Hall–Kier alpha value is -3.84. The lowest BCUT2D eigenvalue weighted by molar-refractivity contribution is 0.0729. The lowest BCUT2D eigenvalue weighted by Crippen LogP contribution is -2.29. The first kappa shape index (κ1) is 21.0. The molecule has 2 aromatic heterocycles. The normalized spacial score (nSPS) is 15.1. The average molecular weight is 461 g/mol. The third-order valence-corrected chi connectivity index (χ3v) is 6.29. The van der Waals surface area contributed by atoms with E-state index in [1.807, 2.05) is 43.3 Å². The van der Waals surface area contributed by atoms with Gasteiger partial charge in [-0.25, -0.2) is 0 Å². The van der Waals surface area contributed by atoms with Gasteiger partial charge in [0.2, 0.25) is 0 Å². The molecule has 0 aliphatic carbocycles. The van der Waals surface area contributed by atoms with E-state index in [1.165, 1.54) is 0 Å². The SMILES string of the molecule is COc1cccc([C@H]2c3c(-c4cc(Cl)c(C)cc4O)n[nH]c3C(=O)N2Cc2cccnc2)c1. The van der Waals surface area contributed by atoms with Crippen molar-refractivity contribution in [2.24, 2.45) is 0 Å². The number of H-pyrrole nitrogens is 1. The van der Waals surface area contributed by atoms with Crippen LogP contribution in [0.4, 0.5) is 0 Å². The summed E-state index contributed by atoms with van der Waals surface area (Å²) in [4.78, 5) is 19.5. The van der Waals surface area contributed by atoms with E-state index in [2.05, 4.69) is 15.2 Å². The lowest BCUT2D eigenvalue weighted by Gasteiger charge is -2.26. The Bertz CT molecular complexity index is 1350. The number of benzene rings is 2. The zero-order valence-corrected chi connectivity index (χ0v) is 18.8. The zero-order chi connectivity index (χ0) is 23.1. The van der Waals surface area contributed by atoms with Crippen LogP contribution in [0.15, 0.2) is 60.9 Å². The molecule has 0 unspecified atom stereocenters. The third kappa shape index (κ3) is 3.60. The second-order valence-corrected chi connectivity index (χ2v) is 8.36. The number of aromatic nitrogens is 3. The second kappa shape index (κ2) is 8.26. The van der Waals surface area contributed by atoms with E-state index in [4.69, 9.17) is 16.3 Å². The van der Waals surface area contributed by atoms with E-state index in [9.17, 15) is 9.90 Å². The fourth-order valence-corrected chi connectivity index (χ4v) is 4.43. The van der Waals surface area contributed by atoms with Gasteiger partial charge < -0.3 is 14.7 Å². The number of carbonyl (C=O) groups is 1. The Morgan fingerprint density at radius 2 is 2.06 bits per heavy atom. The highest BCUT2D eigenvalue weighted by Crippen LogP contribution is 2.46. The Kier molecular flexibility index (Phi) is 5.26. The molecule has 1 aliphatic heterocycles. The molecule has 0 saturated heterocycles. The first-order valence-corrected chi connectivity index (χ1v) is 10.8. The molecule has 3 heterocycles. The molecule has 166 valence electrons. The molecule has 33 heavy (non-hydrogen) atoms. The number of hydrogen-bond acceptors (Lipinski definition) is 5. The number of methoxy groups -OCH3 is 1. The van der Waals surface area contributed by atoms with Gasteiger partial charge in [0.15, 0.2) is 0 Å². The van der Waals surface area contributed by atoms with E-state index < -0.39 is 6.04 Å². The molecule has 2 aromatic carbocycles. The molecule has 0 fully saturated rings. The van der Waals surface area contributed by atoms with Crippen LogP contribution in [0, 0.1) is 6.92 Å². The smallest absolute Gasteiger partial charge is 0.273 e. The predicted molar refractivity (Wildman–Crippen MR) is 124 cm³/mol. The van der Waals surface area contributed by atoms with Crippen molar-refractivity contribution >= 4 is 17.5 Å². The van der Waals surface area contributed by atoms with Crippen LogP contribution in [-0.2, 0) is 6.54 Å². The molecule has 1 atom stereocenters. The minimum atomic E-state index is -0.448. The lowest BCUT2D eigenvalue weighted by atomic mass is 9.95. The van der Waals surface area contributed by atoms with Crippen molar-refractivity contribution in [2.75, 3.05) is 7.11 Å². The second-order valence-electron chi connectivity index (χ2n) is 7.95. The number of nitrogens with zero attached hydrogens (tertiary/aromatic N) is 3. The fourth-order valence-electron chi connectivity index (χ4n) is 4.27. The number of phenols is 1. The van der Waals surface area contributed by atoms with Crippen molar-refractivity contribution in [3.8, 4) is 22.8 Å². The molecule has 8 heteroatoms. The molecule has 5 rings (SSSR count). The maximum absolute atomic E-state index is 13.5. The summed E-state index contributed by atoms with van der Waals surface area (Å²) in [5, 5.41) is 18.5. The summed E-state index contributed by atoms with van der Waals surface area (Å²) in [6.07, 6.45) is 3.44. The number of carbonyl (C=O) groups excluding carboxylic acids is 1. The summed E-state index contributed by atoms with van der Waals surface area (Å²) in [5.74, 6) is 0.549. The topological polar surface area (TPSA) is 91.3 Å². The van der Waals surface area contributed by atoms with Gasteiger partial charge in [-0.15, -0.1) is 0 Å². The van der Waals surface area contributed by atoms with Crippen molar-refractivity contribution < 1.29 is 14.6 Å². The van der Waals surface area contributed by atoms with Crippen molar-refractivity contribution in [1.82, 2.24) is 20.1 Å². The van der Waals surface area contributed by atoms with Gasteiger partial charge in [0.25, 0.3) is 5.91 Å². The number of hydrogen-bond donors (Lipinski definition) is 2. The minimum absolute atomic E-state index is 0.0498. The highest BCUT2D eigenvalue weighted by Gasteiger charge is 2.42. The van der Waals surface area contributed by atoms with Crippen LogP contribution in [0.1, 0.15) is 38.8 Å². The van der Waals surface area contributed by atoms with Crippen LogP contribution >= 0.6 is 11.6 Å². The quantitative estimate of drug-likeness (QED) is 0.442. The van der Waals surface area contributed by atoms with E-state index in [0.29, 0.717) is 39.8 Å². The van der Waals surface area contributed by atoms with Gasteiger partial charge in [0.1, 0.15) is 22.9 Å². The first-order chi connectivity index (χ1) is 16.0. The minimum Gasteiger partial charge on any atom is -0.507 e. The van der Waals surface area contributed by atoms with Crippen LogP contribution < -0.4 is 4.74 Å². The first-order valence-electron chi connectivity index (χ1n) is 10.4. The van der Waals surface area contributed by atoms with Gasteiger partial charge in [-0.05, 0) is 53.9 Å². The van der Waals surface area contributed by atoms with Gasteiger partial charge in [-0.3, -0.25) is 14.9 Å². The maximum atomic E-state index is 13.5. The molecule has 1 amide bonds. The van der Waals surface area contributed by atoms with Crippen molar-refractivity contribution in [3.63, 3.8) is 0 Å². The third-order valence-electron chi connectivity index (χ3n) is 5.88. The molecule has 4 aromatic rings. The maximum Gasteiger partial charge on any atom is 0.273 e. The number of rotatable bonds is 5. The van der Waals surface area contributed by atoms with E-state index in [1.54, 1.807) is 36.5 Å². The van der Waals surface area contributed by atoms with Gasteiger partial charge in [-0.2, -0.15) is 5.10 Å².